The van der Waals surface area contributed by atoms with Crippen molar-refractivity contribution in [1.29, 1.82) is 0 Å². The van der Waals surface area contributed by atoms with E-state index in [9.17, 15) is 24.3 Å². The lowest BCUT2D eigenvalue weighted by atomic mass is 10.0. The number of rotatable bonds is 10. The predicted octanol–water partition coefficient (Wildman–Crippen LogP) is 0.0633. The molecule has 1 aliphatic rings. The lowest BCUT2D eigenvalue weighted by Gasteiger charge is -2.28. The van der Waals surface area contributed by atoms with E-state index in [1.54, 1.807) is 18.3 Å². The monoisotopic (exact) mass is 520 g/mol. The molecule has 38 heavy (non-hydrogen) atoms. The number of aromatic amines is 1. The van der Waals surface area contributed by atoms with Crippen molar-refractivity contribution in [1.82, 2.24) is 20.5 Å². The molecule has 4 amide bonds. The number of aromatic nitrogens is 1. The number of hydrogen-bond donors (Lipinski definition) is 6. The van der Waals surface area contributed by atoms with Crippen molar-refractivity contribution in [2.24, 2.45) is 11.5 Å². The fourth-order valence-corrected chi connectivity index (χ4v) is 4.78. The number of likely N-dealkylation sites (tertiary alicyclic amines) is 1. The van der Waals surface area contributed by atoms with E-state index in [0.29, 0.717) is 19.4 Å². The summed E-state index contributed by atoms with van der Waals surface area (Å²) in [4.78, 5) is 55.3. The molecule has 1 fully saturated rings. The molecule has 3 aromatic rings. The summed E-state index contributed by atoms with van der Waals surface area (Å²) in [5, 5.41) is 15.6. The van der Waals surface area contributed by atoms with E-state index in [1.165, 1.54) is 17.0 Å². The second kappa shape index (κ2) is 11.8. The lowest BCUT2D eigenvalue weighted by Crippen LogP contribution is -2.56. The molecule has 200 valence electrons. The number of carbonyl (C=O) groups excluding carboxylic acids is 4. The molecule has 2 aromatic carbocycles. The summed E-state index contributed by atoms with van der Waals surface area (Å²) in [6.45, 7) is 0.0143. The molecule has 0 spiro atoms. The highest BCUT2D eigenvalue weighted by Crippen LogP contribution is 2.22. The minimum Gasteiger partial charge on any atom is -0.508 e. The van der Waals surface area contributed by atoms with Crippen molar-refractivity contribution in [2.45, 2.75) is 43.8 Å². The molecule has 11 nitrogen and oxygen atoms in total. The van der Waals surface area contributed by atoms with Crippen molar-refractivity contribution in [3.63, 3.8) is 0 Å². The van der Waals surface area contributed by atoms with Gasteiger partial charge in [-0.25, -0.2) is 0 Å². The van der Waals surface area contributed by atoms with Gasteiger partial charge in [0.25, 0.3) is 0 Å². The van der Waals surface area contributed by atoms with Gasteiger partial charge in [-0.2, -0.15) is 0 Å². The molecule has 0 aliphatic carbocycles. The maximum absolute atomic E-state index is 13.4. The number of nitrogens with zero attached hydrogens (tertiary/aromatic N) is 1. The number of benzene rings is 2. The van der Waals surface area contributed by atoms with Crippen LogP contribution >= 0.6 is 0 Å². The minimum absolute atomic E-state index is 0.118. The highest BCUT2D eigenvalue weighted by atomic mass is 16.3. The van der Waals surface area contributed by atoms with Crippen LogP contribution in [0, 0.1) is 0 Å². The number of para-hydroxylation sites is 1. The summed E-state index contributed by atoms with van der Waals surface area (Å²) in [6, 6.07) is 11.4. The van der Waals surface area contributed by atoms with Crippen LogP contribution in [0.2, 0.25) is 0 Å². The number of carbonyl (C=O) groups is 4. The molecule has 0 radical (unpaired) electrons. The van der Waals surface area contributed by atoms with E-state index in [2.05, 4.69) is 15.6 Å². The van der Waals surface area contributed by atoms with E-state index in [1.807, 2.05) is 24.3 Å². The first-order chi connectivity index (χ1) is 18.2. The van der Waals surface area contributed by atoms with Gasteiger partial charge in [0, 0.05) is 30.1 Å². The number of H-pyrrole nitrogens is 1. The number of amides is 4. The molecular formula is C27H32N6O5. The maximum Gasteiger partial charge on any atom is 0.243 e. The first-order valence-electron chi connectivity index (χ1n) is 12.5. The molecule has 1 saturated heterocycles. The Hall–Kier alpha value is -4.38. The van der Waals surface area contributed by atoms with Gasteiger partial charge in [0.15, 0.2) is 0 Å². The fourth-order valence-electron chi connectivity index (χ4n) is 4.78. The van der Waals surface area contributed by atoms with Crippen LogP contribution in [0.3, 0.4) is 0 Å². The molecule has 0 bridgehead atoms. The van der Waals surface area contributed by atoms with E-state index in [0.717, 1.165) is 22.0 Å². The number of nitrogens with one attached hydrogen (secondary N) is 3. The second-order valence-electron chi connectivity index (χ2n) is 9.48. The third-order valence-electron chi connectivity index (χ3n) is 6.72. The molecule has 1 aromatic heterocycles. The molecule has 2 heterocycles. The van der Waals surface area contributed by atoms with Crippen molar-refractivity contribution < 1.29 is 24.3 Å². The Balaban J connectivity index is 1.47. The number of primary amides is 1. The molecule has 0 unspecified atom stereocenters. The second-order valence-corrected chi connectivity index (χ2v) is 9.48. The van der Waals surface area contributed by atoms with Crippen LogP contribution in [0.25, 0.3) is 10.9 Å². The van der Waals surface area contributed by atoms with Gasteiger partial charge >= 0.3 is 0 Å². The van der Waals surface area contributed by atoms with Crippen LogP contribution < -0.4 is 22.1 Å². The van der Waals surface area contributed by atoms with E-state index in [-0.39, 0.29) is 31.0 Å². The van der Waals surface area contributed by atoms with Crippen LogP contribution in [-0.4, -0.2) is 69.8 Å². The maximum atomic E-state index is 13.4. The number of aromatic hydroxyl groups is 1. The van der Waals surface area contributed by atoms with Gasteiger partial charge < -0.3 is 37.1 Å². The first-order valence-corrected chi connectivity index (χ1v) is 12.5. The Kier molecular flexibility index (Phi) is 8.27. The van der Waals surface area contributed by atoms with Crippen molar-refractivity contribution in [3.05, 3.63) is 65.9 Å². The Morgan fingerprint density at radius 1 is 1.08 bits per heavy atom. The molecule has 11 heteroatoms. The molecular weight excluding hydrogens is 488 g/mol. The fraction of sp³-hybridized carbons (Fsp3) is 0.333. The molecule has 1 aliphatic heterocycles. The zero-order chi connectivity index (χ0) is 27.2. The molecule has 0 saturated carbocycles. The van der Waals surface area contributed by atoms with Crippen molar-refractivity contribution in [2.75, 3.05) is 13.1 Å². The number of phenolic OH excluding ortho intramolecular Hbond substituents is 1. The topological polar surface area (TPSA) is 184 Å². The lowest BCUT2D eigenvalue weighted by molar-refractivity contribution is -0.140. The van der Waals surface area contributed by atoms with Gasteiger partial charge in [0.1, 0.15) is 17.8 Å². The highest BCUT2D eigenvalue weighted by Gasteiger charge is 2.37. The third-order valence-corrected chi connectivity index (χ3v) is 6.72. The van der Waals surface area contributed by atoms with Crippen LogP contribution in [0.4, 0.5) is 0 Å². The van der Waals surface area contributed by atoms with Gasteiger partial charge in [-0.05, 0) is 48.6 Å². The summed E-state index contributed by atoms with van der Waals surface area (Å²) in [7, 11) is 0. The Morgan fingerprint density at radius 3 is 2.55 bits per heavy atom. The zero-order valence-corrected chi connectivity index (χ0v) is 20.9. The first kappa shape index (κ1) is 26.7. The van der Waals surface area contributed by atoms with E-state index < -0.39 is 35.8 Å². The average Bonchev–Trinajstić information content (AvgIpc) is 3.55. The SMILES string of the molecule is NC(=O)CNC(=O)[C@H](Cc1c[nH]c2ccccc12)NC(=O)[C@H]1CCCN1C(=O)[C@@H](N)Cc1ccc(O)cc1. The van der Waals surface area contributed by atoms with Crippen LogP contribution in [0.5, 0.6) is 5.75 Å². The molecule has 3 atom stereocenters. The Morgan fingerprint density at radius 2 is 1.82 bits per heavy atom. The average molecular weight is 521 g/mol. The highest BCUT2D eigenvalue weighted by molar-refractivity contribution is 5.95. The van der Waals surface area contributed by atoms with Crippen LogP contribution in [-0.2, 0) is 32.0 Å². The summed E-state index contributed by atoms with van der Waals surface area (Å²) in [5.74, 6) is -1.96. The van der Waals surface area contributed by atoms with Gasteiger partial charge in [0.2, 0.25) is 23.6 Å². The summed E-state index contributed by atoms with van der Waals surface area (Å²) < 4.78 is 0. The van der Waals surface area contributed by atoms with Crippen molar-refractivity contribution >= 4 is 34.5 Å². The smallest absolute Gasteiger partial charge is 0.243 e. The molecule has 4 rings (SSSR count). The van der Waals surface area contributed by atoms with Crippen LogP contribution in [0.1, 0.15) is 24.0 Å². The van der Waals surface area contributed by atoms with E-state index in [4.69, 9.17) is 11.5 Å². The predicted molar refractivity (Wildman–Crippen MR) is 141 cm³/mol. The Labute approximate surface area is 219 Å². The number of hydrogen-bond acceptors (Lipinski definition) is 6. The number of nitrogens with two attached hydrogens (primary N) is 2. The minimum atomic E-state index is -0.996. The van der Waals surface area contributed by atoms with Gasteiger partial charge in [-0.15, -0.1) is 0 Å². The third kappa shape index (κ3) is 6.30. The number of fused-ring (bicyclic) bond motifs is 1. The summed E-state index contributed by atoms with van der Waals surface area (Å²) in [6.07, 6.45) is 3.26. The molecule has 8 N–H and O–H groups in total. The van der Waals surface area contributed by atoms with Gasteiger partial charge in [-0.1, -0.05) is 30.3 Å². The largest absolute Gasteiger partial charge is 0.508 e. The number of phenols is 1. The van der Waals surface area contributed by atoms with E-state index >= 15 is 0 Å². The van der Waals surface area contributed by atoms with Gasteiger partial charge in [0.05, 0.1) is 12.6 Å². The Bertz CT molecular complexity index is 1320. The zero-order valence-electron chi connectivity index (χ0n) is 20.9. The quantitative estimate of drug-likeness (QED) is 0.220. The van der Waals surface area contributed by atoms with Crippen LogP contribution in [0.15, 0.2) is 54.7 Å². The summed E-state index contributed by atoms with van der Waals surface area (Å²) >= 11 is 0. The standard InChI is InChI=1S/C27H32N6O5/c28-20(12-16-7-9-18(34)10-8-16)27(38)33-11-3-6-23(33)26(37)32-22(25(36)31-15-24(29)35)13-17-14-30-21-5-2-1-4-19(17)21/h1-2,4-5,7-10,14,20,22-23,30,34H,3,6,11-13,15,28H2,(H2,29,35)(H,31,36)(H,32,37)/t20-,22-,23+/m0/s1. The van der Waals surface area contributed by atoms with Crippen molar-refractivity contribution in [3.8, 4) is 5.75 Å². The summed E-state index contributed by atoms with van der Waals surface area (Å²) in [5.41, 5.74) is 13.9. The normalized spacial score (nSPS) is 16.7. The van der Waals surface area contributed by atoms with Gasteiger partial charge in [-0.3, -0.25) is 19.2 Å².